The highest BCUT2D eigenvalue weighted by atomic mass is 19.4. The second kappa shape index (κ2) is 9.45. The van der Waals surface area contributed by atoms with Gasteiger partial charge in [-0.25, -0.2) is 0 Å². The summed E-state index contributed by atoms with van der Waals surface area (Å²) in [6.07, 6.45) is -1.26. The Morgan fingerprint density at radius 2 is 1.73 bits per heavy atom. The lowest BCUT2D eigenvalue weighted by Gasteiger charge is -2.43. The second-order valence-electron chi connectivity index (χ2n) is 8.73. The van der Waals surface area contributed by atoms with Crippen LogP contribution in [0.25, 0.3) is 0 Å². The molecule has 0 radical (unpaired) electrons. The van der Waals surface area contributed by atoms with Gasteiger partial charge in [-0.1, -0.05) is 0 Å². The highest BCUT2D eigenvalue weighted by Gasteiger charge is 2.34. The van der Waals surface area contributed by atoms with Crippen molar-refractivity contribution in [1.82, 2.24) is 9.80 Å². The molecule has 1 amide bonds. The minimum Gasteiger partial charge on any atom is -0.406 e. The van der Waals surface area contributed by atoms with Gasteiger partial charge in [0.25, 0.3) is 0 Å². The van der Waals surface area contributed by atoms with Gasteiger partial charge in [-0.3, -0.25) is 9.69 Å². The van der Waals surface area contributed by atoms with Gasteiger partial charge in [0.05, 0.1) is 0 Å². The van der Waals surface area contributed by atoms with Gasteiger partial charge >= 0.3 is 6.36 Å². The number of nitrogens with zero attached hydrogens (tertiary/aromatic N) is 2. The number of ether oxygens (including phenoxy) is 1. The number of carbonyl (C=O) groups excluding carboxylic acids is 1. The number of alkyl halides is 3. The lowest BCUT2D eigenvalue weighted by molar-refractivity contribution is -0.274. The molecule has 1 atom stereocenters. The zero-order valence-electron chi connectivity index (χ0n) is 17.9. The van der Waals surface area contributed by atoms with Crippen LogP contribution in [0.1, 0.15) is 46.5 Å². The van der Waals surface area contributed by atoms with E-state index in [1.165, 1.54) is 12.1 Å². The molecule has 2 fully saturated rings. The van der Waals surface area contributed by atoms with Crippen molar-refractivity contribution in [2.24, 2.45) is 5.92 Å². The predicted molar refractivity (Wildman–Crippen MR) is 110 cm³/mol. The van der Waals surface area contributed by atoms with Gasteiger partial charge in [-0.05, 0) is 70.7 Å². The minimum absolute atomic E-state index is 0.0726. The second-order valence-corrected chi connectivity index (χ2v) is 8.73. The first kappa shape index (κ1) is 22.7. The molecule has 1 unspecified atom stereocenters. The molecule has 2 aliphatic rings. The molecule has 1 N–H and O–H groups in total. The van der Waals surface area contributed by atoms with Crippen molar-refractivity contribution in [1.29, 1.82) is 0 Å². The maximum atomic E-state index is 13.0. The van der Waals surface area contributed by atoms with Gasteiger partial charge in [0.15, 0.2) is 0 Å². The molecule has 1 saturated carbocycles. The summed E-state index contributed by atoms with van der Waals surface area (Å²) >= 11 is 0. The van der Waals surface area contributed by atoms with Gasteiger partial charge in [-0.15, -0.1) is 13.2 Å². The molecule has 168 valence electrons. The summed E-state index contributed by atoms with van der Waals surface area (Å²) in [6, 6.07) is 6.89. The van der Waals surface area contributed by atoms with Crippen LogP contribution in [0.15, 0.2) is 24.3 Å². The van der Waals surface area contributed by atoms with Crippen LogP contribution in [-0.4, -0.2) is 59.8 Å². The number of halogens is 3. The molecule has 0 bridgehead atoms. The van der Waals surface area contributed by atoms with E-state index in [1.807, 2.05) is 4.90 Å². The normalized spacial score (nSPS) is 26.0. The smallest absolute Gasteiger partial charge is 0.406 e. The first-order valence-corrected chi connectivity index (χ1v) is 10.8. The number of piperazine rings is 1. The highest BCUT2D eigenvalue weighted by molar-refractivity contribution is 5.79. The number of carbonyl (C=O) groups is 1. The maximum Gasteiger partial charge on any atom is 0.573 e. The quantitative estimate of drug-likeness (QED) is 0.752. The van der Waals surface area contributed by atoms with Crippen LogP contribution in [0.5, 0.6) is 5.75 Å². The number of hydrogen-bond donors (Lipinski definition) is 1. The average molecular weight is 428 g/mol. The van der Waals surface area contributed by atoms with Crippen LogP contribution in [0, 0.1) is 5.92 Å². The molecular formula is C22H32F3N3O2. The van der Waals surface area contributed by atoms with Crippen LogP contribution < -0.4 is 10.1 Å². The van der Waals surface area contributed by atoms with E-state index in [4.69, 9.17) is 0 Å². The van der Waals surface area contributed by atoms with Gasteiger partial charge in [0.1, 0.15) is 5.75 Å². The molecular weight excluding hydrogens is 395 g/mol. The molecule has 0 spiro atoms. The molecule has 1 aliphatic heterocycles. The molecule has 8 heteroatoms. The molecule has 30 heavy (non-hydrogen) atoms. The molecule has 5 nitrogen and oxygen atoms in total. The molecule has 1 saturated heterocycles. The van der Waals surface area contributed by atoms with Gasteiger partial charge in [-0.2, -0.15) is 0 Å². The van der Waals surface area contributed by atoms with Gasteiger partial charge < -0.3 is 15.0 Å². The SMILES string of the molecule is CC(C)N1CCN(C(=O)[C@H]2CC[C@@H](Nc3ccc(OC(F)(F)F)cc3)CC2)CC1C. The predicted octanol–water partition coefficient (Wildman–Crippen LogP) is 4.50. The Hall–Kier alpha value is -1.96. The number of nitrogens with one attached hydrogen (secondary N) is 1. The Morgan fingerprint density at radius 3 is 2.27 bits per heavy atom. The van der Waals surface area contributed by atoms with E-state index < -0.39 is 6.36 Å². The standard InChI is InChI=1S/C22H32F3N3O2/c1-15(2)28-13-12-27(14-16(28)3)21(29)17-4-6-18(7-5-17)26-19-8-10-20(11-9-19)30-22(23,24)25/h8-11,15-18,26H,4-7,12-14H2,1-3H3/t16?,17-,18+. The van der Waals surface area contributed by atoms with E-state index in [-0.39, 0.29) is 23.6 Å². The van der Waals surface area contributed by atoms with E-state index in [2.05, 4.69) is 35.7 Å². The first-order chi connectivity index (χ1) is 14.1. The zero-order valence-corrected chi connectivity index (χ0v) is 17.9. The van der Waals surface area contributed by atoms with Crippen molar-refractivity contribution < 1.29 is 22.7 Å². The van der Waals surface area contributed by atoms with Crippen LogP contribution in [0.2, 0.25) is 0 Å². The van der Waals surface area contributed by atoms with Crippen LogP contribution in [-0.2, 0) is 4.79 Å². The number of amides is 1. The monoisotopic (exact) mass is 427 g/mol. The summed E-state index contributed by atoms with van der Waals surface area (Å²) in [4.78, 5) is 17.4. The van der Waals surface area contributed by atoms with E-state index in [9.17, 15) is 18.0 Å². The third-order valence-electron chi connectivity index (χ3n) is 6.19. The molecule has 3 rings (SSSR count). The summed E-state index contributed by atoms with van der Waals surface area (Å²) < 4.78 is 40.7. The van der Waals surface area contributed by atoms with E-state index in [0.717, 1.165) is 51.0 Å². The maximum absolute atomic E-state index is 13.0. The molecule has 1 aromatic rings. The fraction of sp³-hybridized carbons (Fsp3) is 0.682. The fourth-order valence-electron chi connectivity index (χ4n) is 4.67. The molecule has 1 aromatic carbocycles. The summed E-state index contributed by atoms with van der Waals surface area (Å²) in [7, 11) is 0. The lowest BCUT2D eigenvalue weighted by atomic mass is 9.84. The Kier molecular flexibility index (Phi) is 7.16. The summed E-state index contributed by atoms with van der Waals surface area (Å²) in [5.74, 6) is 0.120. The number of anilines is 1. The van der Waals surface area contributed by atoms with E-state index in [0.29, 0.717) is 12.1 Å². The largest absolute Gasteiger partial charge is 0.573 e. The molecule has 0 aromatic heterocycles. The highest BCUT2D eigenvalue weighted by Crippen LogP contribution is 2.30. The summed E-state index contributed by atoms with van der Waals surface area (Å²) in [5.41, 5.74) is 0.762. The third-order valence-corrected chi connectivity index (χ3v) is 6.19. The Labute approximate surface area is 176 Å². The van der Waals surface area contributed by atoms with Crippen molar-refractivity contribution in [3.8, 4) is 5.75 Å². The number of rotatable bonds is 5. The van der Waals surface area contributed by atoms with Gasteiger partial charge in [0, 0.05) is 49.4 Å². The Bertz CT molecular complexity index is 701. The summed E-state index contributed by atoms with van der Waals surface area (Å²) in [6.45, 7) is 9.09. The van der Waals surface area contributed by atoms with Crippen LogP contribution in [0.3, 0.4) is 0 Å². The molecule has 1 aliphatic carbocycles. The van der Waals surface area contributed by atoms with Crippen molar-refractivity contribution >= 4 is 11.6 Å². The van der Waals surface area contributed by atoms with Gasteiger partial charge in [0.2, 0.25) is 5.91 Å². The Balaban J connectivity index is 1.45. The zero-order chi connectivity index (χ0) is 21.9. The van der Waals surface area contributed by atoms with Crippen molar-refractivity contribution in [3.05, 3.63) is 24.3 Å². The van der Waals surface area contributed by atoms with Crippen molar-refractivity contribution in [2.75, 3.05) is 25.0 Å². The topological polar surface area (TPSA) is 44.8 Å². The third kappa shape index (κ3) is 6.03. The van der Waals surface area contributed by atoms with Crippen LogP contribution in [0.4, 0.5) is 18.9 Å². The lowest BCUT2D eigenvalue weighted by Crippen LogP contribution is -2.56. The first-order valence-electron chi connectivity index (χ1n) is 10.8. The number of hydrogen-bond acceptors (Lipinski definition) is 4. The fourth-order valence-corrected chi connectivity index (χ4v) is 4.67. The van der Waals surface area contributed by atoms with E-state index in [1.54, 1.807) is 12.1 Å². The Morgan fingerprint density at radius 1 is 1.10 bits per heavy atom. The van der Waals surface area contributed by atoms with Crippen molar-refractivity contribution in [2.45, 2.75) is 70.9 Å². The van der Waals surface area contributed by atoms with Crippen LogP contribution >= 0.6 is 0 Å². The van der Waals surface area contributed by atoms with Crippen molar-refractivity contribution in [3.63, 3.8) is 0 Å². The average Bonchev–Trinajstić information content (AvgIpc) is 2.68. The van der Waals surface area contributed by atoms with E-state index >= 15 is 0 Å². The molecule has 1 heterocycles. The summed E-state index contributed by atoms with van der Waals surface area (Å²) in [5, 5.41) is 3.37. The minimum atomic E-state index is -4.68. The number of benzene rings is 1.